The molecule has 142 valence electrons. The maximum Gasteiger partial charge on any atom is 0.325 e. The molecule has 1 aromatic rings. The quantitative estimate of drug-likeness (QED) is 0.799. The number of hydrogen-bond acceptors (Lipinski definition) is 4. The van der Waals surface area contributed by atoms with Crippen LogP contribution in [-0.4, -0.2) is 57.8 Å². The lowest BCUT2D eigenvalue weighted by atomic mass is 9.94. The van der Waals surface area contributed by atoms with Crippen LogP contribution in [0.2, 0.25) is 0 Å². The molecule has 0 atom stereocenters. The Kier molecular flexibility index (Phi) is 5.58. The molecule has 2 aliphatic heterocycles. The molecule has 0 radical (unpaired) electrons. The number of carbonyl (C=O) groups excluding carboxylic acids is 2. The summed E-state index contributed by atoms with van der Waals surface area (Å²) in [4.78, 5) is 56.6. The Morgan fingerprint density at radius 3 is 2.23 bits per heavy atom. The standard InChI is InChI=1S/C18H26N4O4/c1-12-14(16(24)20-18(26)19-12)11-15(23)21-9-5-13(6-10-21)17(25)22-7-3-2-4-8-22/h13H,2-11H2,1H3,(H2,19,20,24,26). The molecule has 2 aliphatic rings. The van der Waals surface area contributed by atoms with E-state index in [4.69, 9.17) is 0 Å². The van der Waals surface area contributed by atoms with Crippen molar-refractivity contribution < 1.29 is 9.59 Å². The number of aromatic amines is 2. The molecule has 8 heteroatoms. The van der Waals surface area contributed by atoms with E-state index in [-0.39, 0.29) is 24.2 Å². The fraction of sp³-hybridized carbons (Fsp3) is 0.667. The molecule has 3 rings (SSSR count). The molecule has 0 saturated carbocycles. The summed E-state index contributed by atoms with van der Waals surface area (Å²) >= 11 is 0. The van der Waals surface area contributed by atoms with Crippen molar-refractivity contribution in [3.05, 3.63) is 32.1 Å². The minimum atomic E-state index is -0.569. The number of nitrogens with one attached hydrogen (secondary N) is 2. The Bertz CT molecular complexity index is 783. The van der Waals surface area contributed by atoms with E-state index in [0.29, 0.717) is 37.2 Å². The van der Waals surface area contributed by atoms with E-state index in [1.807, 2.05) is 4.90 Å². The van der Waals surface area contributed by atoms with Crippen LogP contribution in [0.25, 0.3) is 0 Å². The first-order valence-corrected chi connectivity index (χ1v) is 9.34. The highest BCUT2D eigenvalue weighted by molar-refractivity contribution is 5.81. The summed E-state index contributed by atoms with van der Waals surface area (Å²) in [6, 6.07) is 0. The molecular weight excluding hydrogens is 336 g/mol. The van der Waals surface area contributed by atoms with Gasteiger partial charge in [0.05, 0.1) is 6.42 Å². The van der Waals surface area contributed by atoms with Gasteiger partial charge in [0.2, 0.25) is 11.8 Å². The summed E-state index contributed by atoms with van der Waals surface area (Å²) in [6.45, 7) is 4.38. The summed E-state index contributed by atoms with van der Waals surface area (Å²) in [5.74, 6) is 0.0783. The van der Waals surface area contributed by atoms with Gasteiger partial charge in [-0.15, -0.1) is 0 Å². The van der Waals surface area contributed by atoms with Crippen LogP contribution in [0, 0.1) is 12.8 Å². The molecule has 2 N–H and O–H groups in total. The molecule has 2 saturated heterocycles. The van der Waals surface area contributed by atoms with Crippen molar-refractivity contribution in [3.63, 3.8) is 0 Å². The molecule has 8 nitrogen and oxygen atoms in total. The topological polar surface area (TPSA) is 106 Å². The van der Waals surface area contributed by atoms with Crippen molar-refractivity contribution in [2.45, 2.75) is 45.4 Å². The molecule has 1 aromatic heterocycles. The van der Waals surface area contributed by atoms with Crippen molar-refractivity contribution in [3.8, 4) is 0 Å². The van der Waals surface area contributed by atoms with Crippen molar-refractivity contribution in [2.75, 3.05) is 26.2 Å². The van der Waals surface area contributed by atoms with Gasteiger partial charge >= 0.3 is 5.69 Å². The first-order valence-electron chi connectivity index (χ1n) is 9.34. The van der Waals surface area contributed by atoms with Crippen LogP contribution < -0.4 is 11.2 Å². The minimum Gasteiger partial charge on any atom is -0.342 e. The van der Waals surface area contributed by atoms with E-state index < -0.39 is 11.2 Å². The smallest absolute Gasteiger partial charge is 0.325 e. The largest absolute Gasteiger partial charge is 0.342 e. The highest BCUT2D eigenvalue weighted by Crippen LogP contribution is 2.22. The van der Waals surface area contributed by atoms with Crippen LogP contribution in [0.1, 0.15) is 43.4 Å². The fourth-order valence-corrected chi connectivity index (χ4v) is 3.85. The van der Waals surface area contributed by atoms with Crippen LogP contribution in [0.4, 0.5) is 0 Å². The fourth-order valence-electron chi connectivity index (χ4n) is 3.85. The molecule has 2 amide bonds. The summed E-state index contributed by atoms with van der Waals surface area (Å²) in [7, 11) is 0. The number of nitrogens with zero attached hydrogens (tertiary/aromatic N) is 2. The predicted octanol–water partition coefficient (Wildman–Crippen LogP) is 0.165. The number of aromatic nitrogens is 2. The summed E-state index contributed by atoms with van der Waals surface area (Å²) in [6.07, 6.45) is 4.65. The van der Waals surface area contributed by atoms with Gasteiger partial charge in [-0.2, -0.15) is 0 Å². The van der Waals surface area contributed by atoms with E-state index in [1.54, 1.807) is 11.8 Å². The summed E-state index contributed by atoms with van der Waals surface area (Å²) in [5.41, 5.74) is -0.376. The Balaban J connectivity index is 1.56. The van der Waals surface area contributed by atoms with Crippen LogP contribution in [-0.2, 0) is 16.0 Å². The van der Waals surface area contributed by atoms with E-state index in [0.717, 1.165) is 25.9 Å². The van der Waals surface area contributed by atoms with Gasteiger partial charge in [0, 0.05) is 43.4 Å². The third-order valence-electron chi connectivity index (χ3n) is 5.45. The zero-order valence-corrected chi connectivity index (χ0v) is 15.2. The second-order valence-electron chi connectivity index (χ2n) is 7.23. The molecule has 26 heavy (non-hydrogen) atoms. The second kappa shape index (κ2) is 7.88. The van der Waals surface area contributed by atoms with Crippen molar-refractivity contribution in [1.82, 2.24) is 19.8 Å². The third-order valence-corrected chi connectivity index (χ3v) is 5.45. The van der Waals surface area contributed by atoms with Gasteiger partial charge in [0.15, 0.2) is 0 Å². The number of aryl methyl sites for hydroxylation is 1. The lowest BCUT2D eigenvalue weighted by Gasteiger charge is -2.35. The zero-order chi connectivity index (χ0) is 18.7. The van der Waals surface area contributed by atoms with Crippen LogP contribution in [0.3, 0.4) is 0 Å². The maximum atomic E-state index is 12.6. The first kappa shape index (κ1) is 18.4. The molecule has 0 spiro atoms. The minimum absolute atomic E-state index is 0.00429. The number of H-pyrrole nitrogens is 2. The van der Waals surface area contributed by atoms with Crippen molar-refractivity contribution in [2.24, 2.45) is 5.92 Å². The first-order chi connectivity index (χ1) is 12.5. The van der Waals surface area contributed by atoms with E-state index in [2.05, 4.69) is 9.97 Å². The highest BCUT2D eigenvalue weighted by Gasteiger charge is 2.31. The van der Waals surface area contributed by atoms with Crippen LogP contribution in [0.5, 0.6) is 0 Å². The second-order valence-corrected chi connectivity index (χ2v) is 7.23. The Morgan fingerprint density at radius 1 is 0.962 bits per heavy atom. The summed E-state index contributed by atoms with van der Waals surface area (Å²) < 4.78 is 0. The van der Waals surface area contributed by atoms with Gasteiger partial charge in [-0.3, -0.25) is 19.4 Å². The number of piperidine rings is 2. The third kappa shape index (κ3) is 4.05. The normalized spacial score (nSPS) is 18.8. The average molecular weight is 362 g/mol. The van der Waals surface area contributed by atoms with Gasteiger partial charge < -0.3 is 14.8 Å². The zero-order valence-electron chi connectivity index (χ0n) is 15.2. The van der Waals surface area contributed by atoms with Gasteiger partial charge in [0.1, 0.15) is 0 Å². The van der Waals surface area contributed by atoms with Gasteiger partial charge in [-0.1, -0.05) is 0 Å². The molecule has 0 aromatic carbocycles. The number of likely N-dealkylation sites (tertiary alicyclic amines) is 2. The monoisotopic (exact) mass is 362 g/mol. The van der Waals surface area contributed by atoms with Crippen molar-refractivity contribution >= 4 is 11.8 Å². The molecule has 3 heterocycles. The average Bonchev–Trinajstić information content (AvgIpc) is 2.64. The highest BCUT2D eigenvalue weighted by atomic mass is 16.2. The number of amides is 2. The van der Waals surface area contributed by atoms with Gasteiger partial charge in [-0.05, 0) is 39.0 Å². The van der Waals surface area contributed by atoms with Crippen LogP contribution in [0.15, 0.2) is 9.59 Å². The molecule has 0 bridgehead atoms. The molecule has 0 aliphatic carbocycles. The van der Waals surface area contributed by atoms with E-state index in [9.17, 15) is 19.2 Å². The molecular formula is C18H26N4O4. The van der Waals surface area contributed by atoms with Gasteiger partial charge in [-0.25, -0.2) is 4.79 Å². The molecule has 2 fully saturated rings. The Labute approximate surface area is 151 Å². The lowest BCUT2D eigenvalue weighted by molar-refractivity contribution is -0.141. The van der Waals surface area contributed by atoms with E-state index in [1.165, 1.54) is 6.42 Å². The number of hydrogen-bond donors (Lipinski definition) is 2. The lowest BCUT2D eigenvalue weighted by Crippen LogP contribution is -2.46. The number of carbonyl (C=O) groups is 2. The Hall–Kier alpha value is -2.38. The Morgan fingerprint density at radius 2 is 1.62 bits per heavy atom. The predicted molar refractivity (Wildman–Crippen MR) is 95.9 cm³/mol. The molecule has 0 unspecified atom stereocenters. The SMILES string of the molecule is Cc1[nH]c(=O)[nH]c(=O)c1CC(=O)N1CCC(C(=O)N2CCCCC2)CC1. The number of rotatable bonds is 3. The van der Waals surface area contributed by atoms with Gasteiger partial charge in [0.25, 0.3) is 5.56 Å². The van der Waals surface area contributed by atoms with E-state index >= 15 is 0 Å². The summed E-state index contributed by atoms with van der Waals surface area (Å²) in [5, 5.41) is 0. The van der Waals surface area contributed by atoms with Crippen molar-refractivity contribution in [1.29, 1.82) is 0 Å². The maximum absolute atomic E-state index is 12.6. The van der Waals surface area contributed by atoms with Crippen LogP contribution >= 0.6 is 0 Å².